The molecule has 0 radical (unpaired) electrons. The summed E-state index contributed by atoms with van der Waals surface area (Å²) in [6, 6.07) is 4.80. The summed E-state index contributed by atoms with van der Waals surface area (Å²) in [6.07, 6.45) is 18.1. The number of benzene rings is 1. The molecular formula is C24H35Cl3N2O. The first-order chi connectivity index (χ1) is 14.5. The van der Waals surface area contributed by atoms with Gasteiger partial charge in [0.25, 0.3) is 5.56 Å². The highest BCUT2D eigenvalue weighted by atomic mass is 35.5. The van der Waals surface area contributed by atoms with E-state index in [2.05, 4.69) is 12.0 Å². The van der Waals surface area contributed by atoms with Crippen LogP contribution in [0, 0.1) is 0 Å². The maximum atomic E-state index is 12.3. The largest absolute Gasteiger partial charge is 0.295 e. The molecule has 3 nitrogen and oxygen atoms in total. The lowest BCUT2D eigenvalue weighted by Crippen LogP contribution is -2.14. The first kappa shape index (κ1) is 25.4. The number of hydrogen-bond donors (Lipinski definition) is 1. The van der Waals surface area contributed by atoms with Crippen LogP contribution >= 0.6 is 34.8 Å². The number of hydrogen-bond acceptors (Lipinski definition) is 1. The second-order valence-electron chi connectivity index (χ2n) is 8.17. The molecule has 0 aliphatic rings. The molecule has 2 aromatic rings. The van der Waals surface area contributed by atoms with Crippen LogP contribution in [0.1, 0.15) is 96.1 Å². The summed E-state index contributed by atoms with van der Waals surface area (Å²) in [5, 5.41) is 4.28. The molecule has 6 heteroatoms. The number of nitrogens with zero attached hydrogens (tertiary/aromatic N) is 1. The van der Waals surface area contributed by atoms with E-state index in [1.807, 2.05) is 0 Å². The Kier molecular flexibility index (Phi) is 12.0. The molecular weight excluding hydrogens is 439 g/mol. The van der Waals surface area contributed by atoms with Gasteiger partial charge in [0, 0.05) is 16.8 Å². The number of aryl methyl sites for hydroxylation is 1. The van der Waals surface area contributed by atoms with Gasteiger partial charge in [0.2, 0.25) is 0 Å². The molecule has 0 aliphatic heterocycles. The first-order valence-corrected chi connectivity index (χ1v) is 12.6. The minimum atomic E-state index is -0.161. The van der Waals surface area contributed by atoms with Crippen LogP contribution in [0.25, 0.3) is 5.69 Å². The highest BCUT2D eigenvalue weighted by Gasteiger charge is 2.13. The smallest absolute Gasteiger partial charge is 0.271 e. The van der Waals surface area contributed by atoms with E-state index in [-0.39, 0.29) is 5.56 Å². The molecule has 0 aliphatic carbocycles. The van der Waals surface area contributed by atoms with E-state index in [0.29, 0.717) is 20.8 Å². The lowest BCUT2D eigenvalue weighted by molar-refractivity contribution is 0.538. The Labute approximate surface area is 196 Å². The average Bonchev–Trinajstić information content (AvgIpc) is 3.05. The summed E-state index contributed by atoms with van der Waals surface area (Å²) in [5.41, 5.74) is 1.19. The van der Waals surface area contributed by atoms with Crippen molar-refractivity contribution in [3.05, 3.63) is 49.3 Å². The van der Waals surface area contributed by atoms with Crippen molar-refractivity contribution in [2.24, 2.45) is 0 Å². The van der Waals surface area contributed by atoms with Gasteiger partial charge in [-0.05, 0) is 25.0 Å². The Bertz CT molecular complexity index is 790. The number of halogens is 3. The van der Waals surface area contributed by atoms with E-state index in [0.717, 1.165) is 18.5 Å². The Morgan fingerprint density at radius 1 is 0.733 bits per heavy atom. The van der Waals surface area contributed by atoms with Crippen molar-refractivity contribution in [2.75, 3.05) is 0 Å². The fraction of sp³-hybridized carbons (Fsp3) is 0.625. The summed E-state index contributed by atoms with van der Waals surface area (Å²) in [4.78, 5) is 12.3. The van der Waals surface area contributed by atoms with E-state index in [4.69, 9.17) is 34.8 Å². The summed E-state index contributed by atoms with van der Waals surface area (Å²) >= 11 is 18.4. The van der Waals surface area contributed by atoms with Crippen molar-refractivity contribution < 1.29 is 0 Å². The molecule has 1 aromatic carbocycles. The van der Waals surface area contributed by atoms with Crippen molar-refractivity contribution in [1.29, 1.82) is 0 Å². The molecule has 0 saturated heterocycles. The lowest BCUT2D eigenvalue weighted by Gasteiger charge is -2.08. The van der Waals surface area contributed by atoms with Gasteiger partial charge in [0.1, 0.15) is 5.69 Å². The van der Waals surface area contributed by atoms with Crippen LogP contribution in [-0.4, -0.2) is 9.78 Å². The molecule has 0 fully saturated rings. The Morgan fingerprint density at radius 3 is 1.70 bits per heavy atom. The number of aromatic amines is 1. The third kappa shape index (κ3) is 8.69. The van der Waals surface area contributed by atoms with Crippen molar-refractivity contribution in [2.45, 2.75) is 96.8 Å². The van der Waals surface area contributed by atoms with Gasteiger partial charge < -0.3 is 0 Å². The quantitative estimate of drug-likeness (QED) is 0.258. The van der Waals surface area contributed by atoms with Crippen LogP contribution in [0.15, 0.2) is 23.0 Å². The van der Waals surface area contributed by atoms with Crippen molar-refractivity contribution in [3.63, 3.8) is 0 Å². The topological polar surface area (TPSA) is 37.8 Å². The molecule has 1 heterocycles. The fourth-order valence-corrected chi connectivity index (χ4v) is 4.81. The summed E-state index contributed by atoms with van der Waals surface area (Å²) in [7, 11) is 0. The van der Waals surface area contributed by atoms with Gasteiger partial charge in [-0.15, -0.1) is 0 Å². The molecule has 1 N–H and O–H groups in total. The molecule has 0 amide bonds. The SMILES string of the molecule is CCCCCCCCCCCCCCCc1cc(=O)n(-c2c(Cl)cc(Cl)cc2Cl)[nH]1. The van der Waals surface area contributed by atoms with Gasteiger partial charge in [0.15, 0.2) is 0 Å². The van der Waals surface area contributed by atoms with Gasteiger partial charge >= 0.3 is 0 Å². The van der Waals surface area contributed by atoms with Gasteiger partial charge in [-0.25, -0.2) is 4.68 Å². The summed E-state index contributed by atoms with van der Waals surface area (Å²) in [6.45, 7) is 2.27. The monoisotopic (exact) mass is 472 g/mol. The van der Waals surface area contributed by atoms with E-state index in [9.17, 15) is 4.79 Å². The van der Waals surface area contributed by atoms with Gasteiger partial charge in [-0.2, -0.15) is 0 Å². The van der Waals surface area contributed by atoms with Crippen molar-refractivity contribution in [1.82, 2.24) is 9.78 Å². The van der Waals surface area contributed by atoms with Crippen LogP contribution < -0.4 is 5.56 Å². The Balaban J connectivity index is 1.62. The third-order valence-electron chi connectivity index (χ3n) is 5.53. The normalized spacial score (nSPS) is 11.3. The average molecular weight is 474 g/mol. The second-order valence-corrected chi connectivity index (χ2v) is 9.42. The van der Waals surface area contributed by atoms with Crippen LogP contribution in [0.2, 0.25) is 15.1 Å². The maximum absolute atomic E-state index is 12.3. The first-order valence-electron chi connectivity index (χ1n) is 11.5. The van der Waals surface area contributed by atoms with Crippen LogP contribution in [-0.2, 0) is 6.42 Å². The number of unbranched alkanes of at least 4 members (excludes halogenated alkanes) is 12. The zero-order valence-corrected chi connectivity index (χ0v) is 20.4. The second kappa shape index (κ2) is 14.2. The van der Waals surface area contributed by atoms with Crippen molar-refractivity contribution >= 4 is 34.8 Å². The van der Waals surface area contributed by atoms with E-state index in [1.165, 1.54) is 81.7 Å². The third-order valence-corrected chi connectivity index (χ3v) is 6.32. The van der Waals surface area contributed by atoms with E-state index in [1.54, 1.807) is 18.2 Å². The van der Waals surface area contributed by atoms with E-state index < -0.39 is 0 Å². The maximum Gasteiger partial charge on any atom is 0.271 e. The molecule has 1 aromatic heterocycles. The summed E-state index contributed by atoms with van der Waals surface area (Å²) in [5.74, 6) is 0. The molecule has 0 unspecified atom stereocenters. The van der Waals surface area contributed by atoms with Gasteiger partial charge in [0.05, 0.1) is 10.0 Å². The molecule has 0 bridgehead atoms. The molecule has 0 spiro atoms. The predicted octanol–water partition coefficient (Wildman–Crippen LogP) is 8.76. The van der Waals surface area contributed by atoms with Gasteiger partial charge in [-0.1, -0.05) is 119 Å². The highest BCUT2D eigenvalue weighted by molar-refractivity contribution is 6.40. The molecule has 0 saturated carbocycles. The zero-order valence-electron chi connectivity index (χ0n) is 18.1. The summed E-state index contributed by atoms with van der Waals surface area (Å²) < 4.78 is 1.40. The molecule has 2 rings (SSSR count). The molecule has 30 heavy (non-hydrogen) atoms. The fourth-order valence-electron chi connectivity index (χ4n) is 3.82. The minimum Gasteiger partial charge on any atom is -0.295 e. The minimum absolute atomic E-state index is 0.161. The lowest BCUT2D eigenvalue weighted by atomic mass is 10.0. The molecule has 168 valence electrons. The van der Waals surface area contributed by atoms with Crippen LogP contribution in [0.4, 0.5) is 0 Å². The zero-order chi connectivity index (χ0) is 21.8. The number of aromatic nitrogens is 2. The van der Waals surface area contributed by atoms with E-state index >= 15 is 0 Å². The van der Waals surface area contributed by atoms with Gasteiger partial charge in [-0.3, -0.25) is 9.89 Å². The highest BCUT2D eigenvalue weighted by Crippen LogP contribution is 2.31. The standard InChI is InChI=1S/C24H35Cl3N2O/c1-2-3-4-5-6-7-8-9-10-11-12-13-14-15-20-18-23(30)29(28-20)24-21(26)16-19(25)17-22(24)27/h16-18,28H,2-15H2,1H3. The number of H-pyrrole nitrogens is 1. The number of rotatable bonds is 15. The van der Waals surface area contributed by atoms with Crippen molar-refractivity contribution in [3.8, 4) is 5.69 Å². The van der Waals surface area contributed by atoms with Crippen LogP contribution in [0.5, 0.6) is 0 Å². The predicted molar refractivity (Wildman–Crippen MR) is 131 cm³/mol. The Morgan fingerprint density at radius 2 is 1.20 bits per heavy atom. The number of nitrogens with one attached hydrogen (secondary N) is 1. The Hall–Kier alpha value is -0.900. The van der Waals surface area contributed by atoms with Crippen LogP contribution in [0.3, 0.4) is 0 Å². The molecule has 0 atom stereocenters.